The molecule has 0 aliphatic carbocycles. The lowest BCUT2D eigenvalue weighted by molar-refractivity contribution is -0.136. The van der Waals surface area contributed by atoms with Gasteiger partial charge < -0.3 is 14.6 Å². The monoisotopic (exact) mass is 404 g/mol. The third-order valence-electron chi connectivity index (χ3n) is 5.27. The number of rotatable bonds is 5. The highest BCUT2D eigenvalue weighted by atomic mass is 16.5. The molecule has 0 radical (unpaired) electrons. The number of aromatic nitrogens is 3. The van der Waals surface area contributed by atoms with Crippen LogP contribution < -0.4 is 10.3 Å². The van der Waals surface area contributed by atoms with Gasteiger partial charge in [0.2, 0.25) is 0 Å². The summed E-state index contributed by atoms with van der Waals surface area (Å²) in [6.07, 6.45) is 1.83. The number of ether oxygens (including phenoxy) is 1. The summed E-state index contributed by atoms with van der Waals surface area (Å²) in [6, 6.07) is 14.6. The van der Waals surface area contributed by atoms with Crippen LogP contribution >= 0.6 is 0 Å². The Morgan fingerprint density at radius 3 is 2.77 bits per heavy atom. The average Bonchev–Trinajstić information content (AvgIpc) is 3.25. The van der Waals surface area contributed by atoms with Crippen LogP contribution in [0.25, 0.3) is 11.5 Å². The number of nitrogens with zero attached hydrogens (tertiary/aromatic N) is 3. The lowest BCUT2D eigenvalue weighted by Crippen LogP contribution is -2.39. The summed E-state index contributed by atoms with van der Waals surface area (Å²) < 4.78 is 5.81. The number of hydrogen-bond donors (Lipinski definition) is 1. The molecule has 1 fully saturated rings. The molecule has 3 aromatic rings. The van der Waals surface area contributed by atoms with Crippen molar-refractivity contribution in [3.05, 3.63) is 76.3 Å². The lowest BCUT2D eigenvalue weighted by Gasteiger charge is -2.22. The van der Waals surface area contributed by atoms with E-state index in [1.165, 1.54) is 6.07 Å². The summed E-state index contributed by atoms with van der Waals surface area (Å²) in [5, 5.41) is 0. The van der Waals surface area contributed by atoms with E-state index >= 15 is 0 Å². The second-order valence-corrected chi connectivity index (χ2v) is 7.58. The zero-order chi connectivity index (χ0) is 21.1. The fourth-order valence-electron chi connectivity index (χ4n) is 3.64. The van der Waals surface area contributed by atoms with Crippen LogP contribution in [0, 0.1) is 6.92 Å². The highest BCUT2D eigenvalue weighted by molar-refractivity contribution is 5.81. The van der Waals surface area contributed by atoms with E-state index in [0.717, 1.165) is 12.0 Å². The molecule has 0 bridgehead atoms. The second kappa shape index (κ2) is 8.49. The molecule has 1 aromatic carbocycles. The molecular formula is C23H24N4O3. The number of amides is 1. The minimum Gasteiger partial charge on any atom is -0.481 e. The number of carbonyl (C=O) groups excluding carboxylic acids is 1. The molecule has 7 nitrogen and oxygen atoms in total. The molecule has 4 rings (SSSR count). The molecule has 1 aliphatic heterocycles. The van der Waals surface area contributed by atoms with Gasteiger partial charge in [0.25, 0.3) is 11.5 Å². The van der Waals surface area contributed by atoms with Crippen LogP contribution in [0.3, 0.4) is 0 Å². The number of aryl methyl sites for hydroxylation is 1. The molecule has 7 heteroatoms. The SMILES string of the molecule is Cc1ccc(O[C@@H](C)C(=O)N2CC[C@H](c3cc(=O)[nH]c(-c4ccccn4)n3)C2)cc1. The van der Waals surface area contributed by atoms with Gasteiger partial charge in [-0.05, 0) is 44.5 Å². The standard InChI is InChI=1S/C23H24N4O3/c1-15-6-8-18(9-7-15)30-16(2)23(29)27-12-10-17(14-27)20-13-21(28)26-22(25-20)19-5-3-4-11-24-19/h3-9,11,13,16-17H,10,12,14H2,1-2H3,(H,25,26,28)/t16-,17-/m0/s1. The second-order valence-electron chi connectivity index (χ2n) is 7.58. The summed E-state index contributed by atoms with van der Waals surface area (Å²) in [6.45, 7) is 4.89. The fraction of sp³-hybridized carbons (Fsp3) is 0.304. The van der Waals surface area contributed by atoms with Crippen LogP contribution in [-0.4, -0.2) is 45.0 Å². The van der Waals surface area contributed by atoms with E-state index in [0.29, 0.717) is 36.1 Å². The first kappa shape index (κ1) is 19.8. The van der Waals surface area contributed by atoms with Gasteiger partial charge in [-0.25, -0.2) is 4.98 Å². The summed E-state index contributed by atoms with van der Waals surface area (Å²) in [5.41, 5.74) is 2.21. The largest absolute Gasteiger partial charge is 0.481 e. The van der Waals surface area contributed by atoms with Gasteiger partial charge in [0.15, 0.2) is 11.9 Å². The van der Waals surface area contributed by atoms with Crippen LogP contribution in [0.4, 0.5) is 0 Å². The van der Waals surface area contributed by atoms with Gasteiger partial charge in [-0.15, -0.1) is 0 Å². The Hall–Kier alpha value is -3.48. The van der Waals surface area contributed by atoms with Crippen LogP contribution in [0.15, 0.2) is 59.5 Å². The lowest BCUT2D eigenvalue weighted by atomic mass is 10.0. The van der Waals surface area contributed by atoms with Crippen molar-refractivity contribution in [1.29, 1.82) is 0 Å². The van der Waals surface area contributed by atoms with E-state index in [1.54, 1.807) is 24.1 Å². The van der Waals surface area contributed by atoms with Crippen molar-refractivity contribution in [2.45, 2.75) is 32.3 Å². The average molecular weight is 404 g/mol. The van der Waals surface area contributed by atoms with Gasteiger partial charge in [0.05, 0.1) is 5.69 Å². The molecule has 0 saturated carbocycles. The number of likely N-dealkylation sites (tertiary alicyclic amines) is 1. The van der Waals surface area contributed by atoms with E-state index in [-0.39, 0.29) is 17.4 Å². The minimum absolute atomic E-state index is 0.00490. The zero-order valence-corrected chi connectivity index (χ0v) is 17.0. The maximum absolute atomic E-state index is 12.9. The normalized spacial score (nSPS) is 17.0. The molecule has 154 valence electrons. The molecule has 1 saturated heterocycles. The van der Waals surface area contributed by atoms with Crippen LogP contribution in [0.1, 0.15) is 30.5 Å². The Morgan fingerprint density at radius 2 is 2.03 bits per heavy atom. The van der Waals surface area contributed by atoms with E-state index in [1.807, 2.05) is 43.3 Å². The van der Waals surface area contributed by atoms with Crippen molar-refractivity contribution in [3.8, 4) is 17.3 Å². The Bertz CT molecular complexity index is 1080. The van der Waals surface area contributed by atoms with E-state index in [2.05, 4.69) is 15.0 Å². The molecule has 1 amide bonds. The molecule has 3 heterocycles. The van der Waals surface area contributed by atoms with Gasteiger partial charge >= 0.3 is 0 Å². The maximum atomic E-state index is 12.9. The van der Waals surface area contributed by atoms with Crippen LogP contribution in [-0.2, 0) is 4.79 Å². The maximum Gasteiger partial charge on any atom is 0.263 e. The van der Waals surface area contributed by atoms with Crippen LogP contribution in [0.2, 0.25) is 0 Å². The fourth-order valence-corrected chi connectivity index (χ4v) is 3.64. The summed E-state index contributed by atoms with van der Waals surface area (Å²) in [7, 11) is 0. The highest BCUT2D eigenvalue weighted by Gasteiger charge is 2.31. The number of hydrogen-bond acceptors (Lipinski definition) is 5. The van der Waals surface area contributed by atoms with Crippen molar-refractivity contribution in [3.63, 3.8) is 0 Å². The topological polar surface area (TPSA) is 88.2 Å². The Balaban J connectivity index is 1.45. The summed E-state index contributed by atoms with van der Waals surface area (Å²) in [5.74, 6) is 1.06. The number of carbonyl (C=O) groups is 1. The highest BCUT2D eigenvalue weighted by Crippen LogP contribution is 2.27. The number of benzene rings is 1. The number of aromatic amines is 1. The Labute approximate surface area is 174 Å². The van der Waals surface area contributed by atoms with Gasteiger partial charge in [-0.1, -0.05) is 23.8 Å². The summed E-state index contributed by atoms with van der Waals surface area (Å²) in [4.78, 5) is 38.4. The van der Waals surface area contributed by atoms with E-state index in [9.17, 15) is 9.59 Å². The third-order valence-corrected chi connectivity index (χ3v) is 5.27. The molecular weight excluding hydrogens is 380 g/mol. The van der Waals surface area contributed by atoms with Crippen LogP contribution in [0.5, 0.6) is 5.75 Å². The Morgan fingerprint density at radius 1 is 1.23 bits per heavy atom. The first-order valence-corrected chi connectivity index (χ1v) is 10.0. The molecule has 1 aliphatic rings. The zero-order valence-electron chi connectivity index (χ0n) is 17.0. The molecule has 2 aromatic heterocycles. The smallest absolute Gasteiger partial charge is 0.263 e. The molecule has 0 spiro atoms. The van der Waals surface area contributed by atoms with E-state index in [4.69, 9.17) is 4.74 Å². The quantitative estimate of drug-likeness (QED) is 0.706. The van der Waals surface area contributed by atoms with E-state index < -0.39 is 6.10 Å². The van der Waals surface area contributed by atoms with Gasteiger partial charge in [0.1, 0.15) is 11.4 Å². The van der Waals surface area contributed by atoms with Crippen molar-refractivity contribution < 1.29 is 9.53 Å². The number of pyridine rings is 1. The summed E-state index contributed by atoms with van der Waals surface area (Å²) >= 11 is 0. The predicted molar refractivity (Wildman–Crippen MR) is 113 cm³/mol. The molecule has 30 heavy (non-hydrogen) atoms. The number of H-pyrrole nitrogens is 1. The van der Waals surface area contributed by atoms with Crippen molar-refractivity contribution in [2.75, 3.05) is 13.1 Å². The van der Waals surface area contributed by atoms with Gasteiger partial charge in [-0.3, -0.25) is 14.6 Å². The van der Waals surface area contributed by atoms with Crippen molar-refractivity contribution in [2.24, 2.45) is 0 Å². The van der Waals surface area contributed by atoms with Crippen molar-refractivity contribution >= 4 is 5.91 Å². The van der Waals surface area contributed by atoms with Gasteiger partial charge in [0, 0.05) is 31.3 Å². The van der Waals surface area contributed by atoms with Crippen molar-refractivity contribution in [1.82, 2.24) is 19.9 Å². The first-order valence-electron chi connectivity index (χ1n) is 10.0. The molecule has 0 unspecified atom stereocenters. The molecule has 2 atom stereocenters. The Kier molecular flexibility index (Phi) is 5.61. The van der Waals surface area contributed by atoms with Gasteiger partial charge in [-0.2, -0.15) is 0 Å². The molecule has 1 N–H and O–H groups in total. The minimum atomic E-state index is -0.581. The third kappa shape index (κ3) is 4.40. The first-order chi connectivity index (χ1) is 14.5. The predicted octanol–water partition coefficient (Wildman–Crippen LogP) is 2.92. The number of nitrogens with one attached hydrogen (secondary N) is 1.